The number of aliphatic hydroxyl groups excluding tert-OH is 1. The zero-order valence-corrected chi connectivity index (χ0v) is 9.51. The predicted molar refractivity (Wildman–Crippen MR) is 71.2 cm³/mol. The van der Waals surface area contributed by atoms with E-state index in [1.165, 1.54) is 16.3 Å². The summed E-state index contributed by atoms with van der Waals surface area (Å²) in [5.41, 5.74) is 1.31. The molecule has 1 nitrogen and oxygen atoms in total. The van der Waals surface area contributed by atoms with Crippen molar-refractivity contribution in [2.75, 3.05) is 0 Å². The highest BCUT2D eigenvalue weighted by atomic mass is 16.3. The van der Waals surface area contributed by atoms with Crippen molar-refractivity contribution in [3.8, 4) is 0 Å². The fraction of sp³-hybridized carbons (Fsp3) is 0.125. The summed E-state index contributed by atoms with van der Waals surface area (Å²) in [5.74, 6) is 0.762. The lowest BCUT2D eigenvalue weighted by molar-refractivity contribution is 0.425. The maximum atomic E-state index is 9.32. The van der Waals surface area contributed by atoms with Gasteiger partial charge >= 0.3 is 0 Å². The second-order valence-electron chi connectivity index (χ2n) is 4.44. The van der Waals surface area contributed by atoms with Crippen molar-refractivity contribution in [1.29, 1.82) is 0 Å². The van der Waals surface area contributed by atoms with Gasteiger partial charge < -0.3 is 5.11 Å². The Balaban J connectivity index is 1.99. The average Bonchev–Trinajstić information content (AvgIpc) is 2.39. The predicted octanol–water partition coefficient (Wildman–Crippen LogP) is 4.33. The van der Waals surface area contributed by atoms with Gasteiger partial charge in [-0.05, 0) is 34.9 Å². The van der Waals surface area contributed by atoms with Crippen LogP contribution in [0.15, 0.2) is 66.5 Å². The van der Waals surface area contributed by atoms with Gasteiger partial charge in [0, 0.05) is 5.92 Å². The Labute approximate surface area is 101 Å². The number of hydrogen-bond acceptors (Lipinski definition) is 1. The van der Waals surface area contributed by atoms with Gasteiger partial charge in [-0.2, -0.15) is 0 Å². The van der Waals surface area contributed by atoms with Crippen LogP contribution in [-0.2, 0) is 0 Å². The van der Waals surface area contributed by atoms with Crippen molar-refractivity contribution >= 4 is 10.8 Å². The van der Waals surface area contributed by atoms with Crippen LogP contribution in [0, 0.1) is 0 Å². The van der Waals surface area contributed by atoms with Crippen LogP contribution in [0.3, 0.4) is 0 Å². The molecule has 84 valence electrons. The Morgan fingerprint density at radius 3 is 2.59 bits per heavy atom. The summed E-state index contributed by atoms with van der Waals surface area (Å²) in [6.45, 7) is 0. The number of allylic oxidation sites excluding steroid dienone is 3. The molecule has 0 amide bonds. The van der Waals surface area contributed by atoms with Crippen LogP contribution in [0.2, 0.25) is 0 Å². The molecule has 0 spiro atoms. The van der Waals surface area contributed by atoms with Crippen LogP contribution in [-0.4, -0.2) is 5.11 Å². The van der Waals surface area contributed by atoms with E-state index in [0.29, 0.717) is 11.7 Å². The van der Waals surface area contributed by atoms with Crippen molar-refractivity contribution in [1.82, 2.24) is 0 Å². The quantitative estimate of drug-likeness (QED) is 0.761. The van der Waals surface area contributed by atoms with Gasteiger partial charge in [-0.15, -0.1) is 0 Å². The van der Waals surface area contributed by atoms with Gasteiger partial charge in [-0.25, -0.2) is 0 Å². The molecule has 3 rings (SSSR count). The fourth-order valence-corrected chi connectivity index (χ4v) is 2.29. The Kier molecular flexibility index (Phi) is 2.45. The molecule has 0 radical (unpaired) electrons. The van der Waals surface area contributed by atoms with Crippen LogP contribution in [0.5, 0.6) is 0 Å². The van der Waals surface area contributed by atoms with Gasteiger partial charge in [0.25, 0.3) is 0 Å². The minimum Gasteiger partial charge on any atom is -0.508 e. The molecular formula is C16H14O. The van der Waals surface area contributed by atoms with E-state index in [0.717, 1.165) is 6.42 Å². The van der Waals surface area contributed by atoms with Crippen molar-refractivity contribution in [2.45, 2.75) is 12.3 Å². The first kappa shape index (κ1) is 10.2. The summed E-state index contributed by atoms with van der Waals surface area (Å²) in [7, 11) is 0. The Morgan fingerprint density at radius 2 is 1.82 bits per heavy atom. The van der Waals surface area contributed by atoms with E-state index >= 15 is 0 Å². The number of hydrogen-bond donors (Lipinski definition) is 1. The van der Waals surface area contributed by atoms with Gasteiger partial charge in [0.2, 0.25) is 0 Å². The molecule has 0 bridgehead atoms. The molecular weight excluding hydrogens is 208 g/mol. The molecule has 0 heterocycles. The second kappa shape index (κ2) is 4.10. The molecule has 0 saturated heterocycles. The lowest BCUT2D eigenvalue weighted by Gasteiger charge is -2.15. The summed E-state index contributed by atoms with van der Waals surface area (Å²) in [6, 6.07) is 15.0. The third kappa shape index (κ3) is 1.96. The molecule has 0 saturated carbocycles. The van der Waals surface area contributed by atoms with Crippen LogP contribution in [0.4, 0.5) is 0 Å². The third-order valence-electron chi connectivity index (χ3n) is 3.28. The zero-order chi connectivity index (χ0) is 11.7. The van der Waals surface area contributed by atoms with Crippen LogP contribution < -0.4 is 0 Å². The largest absolute Gasteiger partial charge is 0.508 e. The van der Waals surface area contributed by atoms with E-state index < -0.39 is 0 Å². The van der Waals surface area contributed by atoms with E-state index in [-0.39, 0.29) is 0 Å². The Morgan fingerprint density at radius 1 is 1.00 bits per heavy atom. The summed E-state index contributed by atoms with van der Waals surface area (Å²) in [4.78, 5) is 0. The first-order chi connectivity index (χ1) is 8.33. The summed E-state index contributed by atoms with van der Waals surface area (Å²) in [5, 5.41) is 11.9. The van der Waals surface area contributed by atoms with E-state index in [2.05, 4.69) is 48.5 Å². The molecule has 1 unspecified atom stereocenters. The van der Waals surface area contributed by atoms with E-state index in [4.69, 9.17) is 0 Å². The number of benzene rings is 2. The SMILES string of the molecule is OC1=CCC(c2ccc3ccccc3c2)C=C1. The zero-order valence-electron chi connectivity index (χ0n) is 9.51. The molecule has 1 atom stereocenters. The van der Waals surface area contributed by atoms with Crippen molar-refractivity contribution < 1.29 is 5.11 Å². The van der Waals surface area contributed by atoms with Gasteiger partial charge in [0.15, 0.2) is 0 Å². The highest BCUT2D eigenvalue weighted by molar-refractivity contribution is 5.83. The van der Waals surface area contributed by atoms with E-state index in [1.54, 1.807) is 6.08 Å². The van der Waals surface area contributed by atoms with Crippen LogP contribution in [0.25, 0.3) is 10.8 Å². The molecule has 0 aromatic heterocycles. The number of fused-ring (bicyclic) bond motifs is 1. The molecule has 1 N–H and O–H groups in total. The standard InChI is InChI=1S/C16H14O/c17-16-9-7-13(8-10-16)15-6-5-12-3-1-2-4-14(12)11-15/h1-7,9-11,13,17H,8H2. The highest BCUT2D eigenvalue weighted by Gasteiger charge is 2.10. The molecule has 17 heavy (non-hydrogen) atoms. The second-order valence-corrected chi connectivity index (χ2v) is 4.44. The third-order valence-corrected chi connectivity index (χ3v) is 3.28. The molecule has 2 aromatic rings. The molecule has 1 aliphatic rings. The summed E-state index contributed by atoms with van der Waals surface area (Å²) < 4.78 is 0. The lowest BCUT2D eigenvalue weighted by atomic mass is 9.91. The Hall–Kier alpha value is -2.02. The first-order valence-corrected chi connectivity index (χ1v) is 5.89. The molecule has 2 aromatic carbocycles. The monoisotopic (exact) mass is 222 g/mol. The maximum Gasteiger partial charge on any atom is 0.111 e. The summed E-state index contributed by atoms with van der Waals surface area (Å²) >= 11 is 0. The smallest absolute Gasteiger partial charge is 0.111 e. The number of aliphatic hydroxyl groups is 1. The maximum absolute atomic E-state index is 9.32. The topological polar surface area (TPSA) is 20.2 Å². The van der Waals surface area contributed by atoms with Gasteiger partial charge in [-0.3, -0.25) is 0 Å². The fourth-order valence-electron chi connectivity index (χ4n) is 2.29. The summed E-state index contributed by atoms with van der Waals surface area (Å²) in [6.07, 6.45) is 6.60. The highest BCUT2D eigenvalue weighted by Crippen LogP contribution is 2.28. The minimum absolute atomic E-state index is 0.377. The molecule has 0 fully saturated rings. The van der Waals surface area contributed by atoms with Gasteiger partial charge in [0.1, 0.15) is 5.76 Å². The average molecular weight is 222 g/mol. The molecule has 1 heteroatoms. The number of rotatable bonds is 1. The van der Waals surface area contributed by atoms with Crippen LogP contribution in [0.1, 0.15) is 17.9 Å². The van der Waals surface area contributed by atoms with Crippen molar-refractivity contribution in [2.24, 2.45) is 0 Å². The molecule has 0 aliphatic heterocycles. The minimum atomic E-state index is 0.377. The van der Waals surface area contributed by atoms with Crippen LogP contribution >= 0.6 is 0 Å². The van der Waals surface area contributed by atoms with E-state index in [9.17, 15) is 5.11 Å². The van der Waals surface area contributed by atoms with Crippen molar-refractivity contribution in [3.63, 3.8) is 0 Å². The van der Waals surface area contributed by atoms with Crippen molar-refractivity contribution in [3.05, 3.63) is 72.0 Å². The Bertz CT molecular complexity index is 608. The van der Waals surface area contributed by atoms with Gasteiger partial charge in [-0.1, -0.05) is 48.5 Å². The first-order valence-electron chi connectivity index (χ1n) is 5.89. The van der Waals surface area contributed by atoms with Gasteiger partial charge in [0.05, 0.1) is 0 Å². The normalized spacial score (nSPS) is 19.3. The lowest BCUT2D eigenvalue weighted by Crippen LogP contribution is -1.98. The molecule has 1 aliphatic carbocycles. The van der Waals surface area contributed by atoms with E-state index in [1.807, 2.05) is 6.08 Å².